The van der Waals surface area contributed by atoms with Crippen LogP contribution in [0.5, 0.6) is 0 Å². The molecule has 1 unspecified atom stereocenters. The van der Waals surface area contributed by atoms with Crippen LogP contribution in [0.2, 0.25) is 0 Å². The summed E-state index contributed by atoms with van der Waals surface area (Å²) in [6, 6.07) is 3.30. The molecule has 0 amide bonds. The van der Waals surface area contributed by atoms with Crippen LogP contribution in [-0.4, -0.2) is 43.1 Å². The molecule has 8 nitrogen and oxygen atoms in total. The highest BCUT2D eigenvalue weighted by atomic mass is 16.5. The summed E-state index contributed by atoms with van der Waals surface area (Å²) >= 11 is 0. The average molecular weight is 373 g/mol. The third-order valence-electron chi connectivity index (χ3n) is 4.65. The Morgan fingerprint density at radius 1 is 1.26 bits per heavy atom. The number of hydrogen-bond donors (Lipinski definition) is 1. The lowest BCUT2D eigenvalue weighted by Crippen LogP contribution is -2.36. The summed E-state index contributed by atoms with van der Waals surface area (Å²) in [5, 5.41) is 15.1. The highest BCUT2D eigenvalue weighted by Crippen LogP contribution is 2.42. The Morgan fingerprint density at radius 2 is 1.93 bits per heavy atom. The maximum atomic E-state index is 12.8. The molecule has 0 radical (unpaired) electrons. The van der Waals surface area contributed by atoms with Gasteiger partial charge >= 0.3 is 11.9 Å². The molecular weight excluding hydrogens is 350 g/mol. The van der Waals surface area contributed by atoms with Crippen LogP contribution in [0.3, 0.4) is 0 Å². The van der Waals surface area contributed by atoms with Crippen LogP contribution in [0.15, 0.2) is 47.2 Å². The second-order valence-electron chi connectivity index (χ2n) is 6.21. The molecule has 3 heterocycles. The molecule has 8 heteroatoms. The number of carbonyl (C=O) groups is 2. The predicted octanol–water partition coefficient (Wildman–Crippen LogP) is 0.934. The van der Waals surface area contributed by atoms with E-state index in [4.69, 9.17) is 9.47 Å². The van der Waals surface area contributed by atoms with Crippen molar-refractivity contribution in [2.24, 2.45) is 0 Å². The van der Waals surface area contributed by atoms with Crippen molar-refractivity contribution in [3.8, 4) is 0 Å². The zero-order chi connectivity index (χ0) is 19.6. The molecule has 2 aliphatic rings. The van der Waals surface area contributed by atoms with E-state index in [1.165, 1.54) is 12.4 Å². The Hall–Kier alpha value is -3.03. The SMILES string of the molecule is CCOC(=O)C1=C(C)N2CCNC2=C(C(=O)OCC)C1c1ccc[n+]([O-])c1. The summed E-state index contributed by atoms with van der Waals surface area (Å²) in [7, 11) is 0. The lowest BCUT2D eigenvalue weighted by Gasteiger charge is -2.34. The van der Waals surface area contributed by atoms with Crippen LogP contribution in [0.1, 0.15) is 32.3 Å². The lowest BCUT2D eigenvalue weighted by atomic mass is 9.81. The van der Waals surface area contributed by atoms with Gasteiger partial charge in [-0.25, -0.2) is 9.59 Å². The summed E-state index contributed by atoms with van der Waals surface area (Å²) in [6.07, 6.45) is 2.71. The lowest BCUT2D eigenvalue weighted by molar-refractivity contribution is -0.605. The highest BCUT2D eigenvalue weighted by molar-refractivity contribution is 5.99. The zero-order valence-corrected chi connectivity index (χ0v) is 15.7. The van der Waals surface area contributed by atoms with E-state index >= 15 is 0 Å². The molecule has 0 aliphatic carbocycles. The number of ether oxygens (including phenoxy) is 2. The Bertz CT molecular complexity index is 830. The van der Waals surface area contributed by atoms with Gasteiger partial charge in [0.25, 0.3) is 0 Å². The number of carbonyl (C=O) groups excluding carboxylic acids is 2. The van der Waals surface area contributed by atoms with Gasteiger partial charge in [-0.05, 0) is 26.8 Å². The normalized spacial score (nSPS) is 18.9. The molecule has 1 aromatic rings. The zero-order valence-electron chi connectivity index (χ0n) is 15.7. The number of nitrogens with one attached hydrogen (secondary N) is 1. The maximum Gasteiger partial charge on any atom is 0.338 e. The molecule has 27 heavy (non-hydrogen) atoms. The number of allylic oxidation sites excluding steroid dienone is 1. The van der Waals surface area contributed by atoms with Gasteiger partial charge < -0.3 is 24.9 Å². The van der Waals surface area contributed by atoms with Gasteiger partial charge in [0.1, 0.15) is 5.82 Å². The Kier molecular flexibility index (Phi) is 5.34. The summed E-state index contributed by atoms with van der Waals surface area (Å²) in [4.78, 5) is 27.5. The minimum atomic E-state index is -0.749. The molecule has 1 saturated heterocycles. The van der Waals surface area contributed by atoms with Crippen molar-refractivity contribution < 1.29 is 23.8 Å². The largest absolute Gasteiger partial charge is 0.619 e. The molecular formula is C19H23N3O5. The fraction of sp³-hybridized carbons (Fsp3) is 0.421. The molecule has 0 aromatic carbocycles. The smallest absolute Gasteiger partial charge is 0.338 e. The van der Waals surface area contributed by atoms with Crippen molar-refractivity contribution >= 4 is 11.9 Å². The van der Waals surface area contributed by atoms with Crippen molar-refractivity contribution in [2.45, 2.75) is 26.7 Å². The van der Waals surface area contributed by atoms with Crippen molar-refractivity contribution in [3.05, 3.63) is 58.0 Å². The van der Waals surface area contributed by atoms with E-state index < -0.39 is 17.9 Å². The maximum absolute atomic E-state index is 12.8. The average Bonchev–Trinajstić information content (AvgIpc) is 3.11. The van der Waals surface area contributed by atoms with Gasteiger partial charge in [-0.15, -0.1) is 0 Å². The molecule has 0 saturated carbocycles. The Balaban J connectivity index is 2.23. The summed E-state index contributed by atoms with van der Waals surface area (Å²) < 4.78 is 11.2. The first-order chi connectivity index (χ1) is 13.0. The standard InChI is InChI=1S/C19H23N3O5/c1-4-26-18(23)14-12(3)22-10-8-20-17(22)16(19(24)27-5-2)15(14)13-7-6-9-21(25)11-13/h6-7,9,11,15,20H,4-5,8,10H2,1-3H3. The van der Waals surface area contributed by atoms with E-state index in [9.17, 15) is 14.8 Å². The van der Waals surface area contributed by atoms with Gasteiger partial charge in [0.05, 0.1) is 30.3 Å². The van der Waals surface area contributed by atoms with Gasteiger partial charge in [0.15, 0.2) is 12.4 Å². The van der Waals surface area contributed by atoms with Crippen molar-refractivity contribution in [1.82, 2.24) is 10.2 Å². The molecule has 1 fully saturated rings. The second kappa shape index (κ2) is 7.69. The second-order valence-corrected chi connectivity index (χ2v) is 6.21. The minimum absolute atomic E-state index is 0.204. The molecule has 0 spiro atoms. The summed E-state index contributed by atoms with van der Waals surface area (Å²) in [5.74, 6) is -1.16. The fourth-order valence-corrected chi connectivity index (χ4v) is 3.58. The first-order valence-corrected chi connectivity index (χ1v) is 8.98. The van der Waals surface area contributed by atoms with Crippen LogP contribution < -0.4 is 10.0 Å². The number of pyridine rings is 1. The van der Waals surface area contributed by atoms with Gasteiger partial charge in [0.2, 0.25) is 0 Å². The van der Waals surface area contributed by atoms with Gasteiger partial charge in [-0.3, -0.25) is 0 Å². The minimum Gasteiger partial charge on any atom is -0.619 e. The number of rotatable bonds is 5. The molecule has 3 rings (SSSR count). The van der Waals surface area contributed by atoms with Crippen LogP contribution in [0.25, 0.3) is 0 Å². The number of aromatic nitrogens is 1. The van der Waals surface area contributed by atoms with E-state index in [1.807, 2.05) is 11.8 Å². The van der Waals surface area contributed by atoms with E-state index in [-0.39, 0.29) is 13.2 Å². The summed E-state index contributed by atoms with van der Waals surface area (Å²) in [5.41, 5.74) is 1.89. The molecule has 1 N–H and O–H groups in total. The first kappa shape index (κ1) is 18.8. The number of hydrogen-bond acceptors (Lipinski definition) is 7. The number of esters is 2. The van der Waals surface area contributed by atoms with E-state index in [0.717, 1.165) is 0 Å². The number of nitrogens with zero attached hydrogens (tertiary/aromatic N) is 2. The van der Waals surface area contributed by atoms with Crippen LogP contribution >= 0.6 is 0 Å². The topological polar surface area (TPSA) is 94.8 Å². The van der Waals surface area contributed by atoms with E-state index in [1.54, 1.807) is 26.0 Å². The third kappa shape index (κ3) is 3.34. The van der Waals surface area contributed by atoms with E-state index in [2.05, 4.69) is 5.32 Å². The third-order valence-corrected chi connectivity index (χ3v) is 4.65. The van der Waals surface area contributed by atoms with Crippen LogP contribution in [-0.2, 0) is 19.1 Å². The van der Waals surface area contributed by atoms with Crippen LogP contribution in [0.4, 0.5) is 0 Å². The van der Waals surface area contributed by atoms with Crippen molar-refractivity contribution in [1.29, 1.82) is 0 Å². The predicted molar refractivity (Wildman–Crippen MR) is 95.8 cm³/mol. The Labute approximate surface area is 157 Å². The van der Waals surface area contributed by atoms with E-state index in [0.29, 0.717) is 46.0 Å². The molecule has 2 aliphatic heterocycles. The molecule has 0 bridgehead atoms. The van der Waals surface area contributed by atoms with Crippen molar-refractivity contribution in [2.75, 3.05) is 26.3 Å². The summed E-state index contributed by atoms with van der Waals surface area (Å²) in [6.45, 7) is 6.94. The molecule has 1 atom stereocenters. The fourth-order valence-electron chi connectivity index (χ4n) is 3.58. The quantitative estimate of drug-likeness (QED) is 0.466. The first-order valence-electron chi connectivity index (χ1n) is 8.98. The van der Waals surface area contributed by atoms with Gasteiger partial charge in [-0.2, -0.15) is 4.73 Å². The molecule has 1 aromatic heterocycles. The Morgan fingerprint density at radius 3 is 2.56 bits per heavy atom. The monoisotopic (exact) mass is 373 g/mol. The van der Waals surface area contributed by atoms with Gasteiger partial charge in [0, 0.05) is 30.4 Å². The van der Waals surface area contributed by atoms with Crippen molar-refractivity contribution in [3.63, 3.8) is 0 Å². The molecule has 144 valence electrons. The van der Waals surface area contributed by atoms with Gasteiger partial charge in [-0.1, -0.05) is 0 Å². The number of fused-ring (bicyclic) bond motifs is 1. The highest BCUT2D eigenvalue weighted by Gasteiger charge is 2.43. The van der Waals surface area contributed by atoms with Crippen LogP contribution in [0, 0.1) is 5.21 Å².